The van der Waals surface area contributed by atoms with Gasteiger partial charge in [-0.15, -0.1) is 0 Å². The van der Waals surface area contributed by atoms with Crippen LogP contribution in [0.2, 0.25) is 0 Å². The molecule has 0 saturated heterocycles. The fourth-order valence-electron chi connectivity index (χ4n) is 3.31. The maximum Gasteiger partial charge on any atom is 0.252 e. The highest BCUT2D eigenvalue weighted by Gasteiger charge is 2.14. The molecule has 29 heavy (non-hydrogen) atoms. The Morgan fingerprint density at radius 3 is 2.45 bits per heavy atom. The smallest absolute Gasteiger partial charge is 0.252 e. The van der Waals surface area contributed by atoms with Crippen molar-refractivity contribution in [3.05, 3.63) is 95.6 Å². The van der Waals surface area contributed by atoms with Crippen molar-refractivity contribution in [1.82, 2.24) is 10.3 Å². The van der Waals surface area contributed by atoms with Gasteiger partial charge in [0.05, 0.1) is 23.9 Å². The first-order valence-corrected chi connectivity index (χ1v) is 9.52. The van der Waals surface area contributed by atoms with Crippen LogP contribution < -0.4 is 10.1 Å². The number of aromatic nitrogens is 1. The lowest BCUT2D eigenvalue weighted by molar-refractivity contribution is 0.0952. The number of carbonyl (C=O) groups is 1. The summed E-state index contributed by atoms with van der Waals surface area (Å²) in [6.07, 6.45) is 0. The topological polar surface area (TPSA) is 51.2 Å². The first-order valence-electron chi connectivity index (χ1n) is 9.52. The molecule has 1 aromatic heterocycles. The monoisotopic (exact) mass is 382 g/mol. The maximum absolute atomic E-state index is 13.1. The number of methoxy groups -OCH3 is 1. The molecular weight excluding hydrogens is 360 g/mol. The standard InChI is InChI=1S/C25H22N2O2/c1-17-8-13-23-21(14-17)22(15-24(27-23)19-6-4-3-5-7-19)25(28)26-16-18-9-11-20(29-2)12-10-18/h3-15H,16H2,1-2H3,(H,26,28). The summed E-state index contributed by atoms with van der Waals surface area (Å²) in [6, 6.07) is 25.5. The normalized spacial score (nSPS) is 10.7. The van der Waals surface area contributed by atoms with E-state index in [9.17, 15) is 4.79 Å². The van der Waals surface area contributed by atoms with E-state index in [0.717, 1.165) is 39.0 Å². The molecule has 3 aromatic carbocycles. The van der Waals surface area contributed by atoms with E-state index in [0.29, 0.717) is 12.1 Å². The number of hydrogen-bond acceptors (Lipinski definition) is 3. The Morgan fingerprint density at radius 2 is 1.72 bits per heavy atom. The molecule has 144 valence electrons. The Hall–Kier alpha value is -3.66. The van der Waals surface area contributed by atoms with E-state index in [1.54, 1.807) is 7.11 Å². The Morgan fingerprint density at radius 1 is 0.966 bits per heavy atom. The van der Waals surface area contributed by atoms with Gasteiger partial charge in [-0.05, 0) is 42.8 Å². The summed E-state index contributed by atoms with van der Waals surface area (Å²) in [5.74, 6) is 0.680. The molecule has 0 aliphatic rings. The van der Waals surface area contributed by atoms with Crippen molar-refractivity contribution < 1.29 is 9.53 Å². The number of amides is 1. The molecule has 0 fully saturated rings. The molecule has 4 heteroatoms. The highest BCUT2D eigenvalue weighted by Crippen LogP contribution is 2.26. The second-order valence-electron chi connectivity index (χ2n) is 6.97. The Kier molecular flexibility index (Phi) is 5.25. The number of hydrogen-bond donors (Lipinski definition) is 1. The molecule has 0 radical (unpaired) electrons. The number of ether oxygens (including phenoxy) is 1. The number of carbonyl (C=O) groups excluding carboxylic acids is 1. The molecule has 0 saturated carbocycles. The van der Waals surface area contributed by atoms with Gasteiger partial charge in [0.2, 0.25) is 0 Å². The summed E-state index contributed by atoms with van der Waals surface area (Å²) in [7, 11) is 1.64. The van der Waals surface area contributed by atoms with Crippen molar-refractivity contribution in [3.63, 3.8) is 0 Å². The van der Waals surface area contributed by atoms with E-state index in [2.05, 4.69) is 5.32 Å². The van der Waals surface area contributed by atoms with Crippen LogP contribution in [0.3, 0.4) is 0 Å². The van der Waals surface area contributed by atoms with Gasteiger partial charge in [0.25, 0.3) is 5.91 Å². The number of pyridine rings is 1. The summed E-state index contributed by atoms with van der Waals surface area (Å²) >= 11 is 0. The largest absolute Gasteiger partial charge is 0.497 e. The SMILES string of the molecule is COc1ccc(CNC(=O)c2cc(-c3ccccc3)nc3ccc(C)cc23)cc1. The van der Waals surface area contributed by atoms with Crippen LogP contribution >= 0.6 is 0 Å². The van der Waals surface area contributed by atoms with Gasteiger partial charge >= 0.3 is 0 Å². The predicted molar refractivity (Wildman–Crippen MR) is 116 cm³/mol. The van der Waals surface area contributed by atoms with Crippen molar-refractivity contribution in [2.45, 2.75) is 13.5 Å². The number of nitrogens with zero attached hydrogens (tertiary/aromatic N) is 1. The minimum absolute atomic E-state index is 0.115. The van der Waals surface area contributed by atoms with Gasteiger partial charge in [-0.1, -0.05) is 54.1 Å². The van der Waals surface area contributed by atoms with E-state index in [1.165, 1.54) is 0 Å². The van der Waals surface area contributed by atoms with Gasteiger partial charge in [-0.25, -0.2) is 4.98 Å². The maximum atomic E-state index is 13.1. The van der Waals surface area contributed by atoms with Crippen molar-refractivity contribution >= 4 is 16.8 Å². The number of benzene rings is 3. The average molecular weight is 382 g/mol. The quantitative estimate of drug-likeness (QED) is 0.519. The van der Waals surface area contributed by atoms with Gasteiger partial charge < -0.3 is 10.1 Å². The van der Waals surface area contributed by atoms with E-state index in [4.69, 9.17) is 9.72 Å². The molecule has 4 aromatic rings. The molecule has 0 aliphatic heterocycles. The van der Waals surface area contributed by atoms with E-state index in [-0.39, 0.29) is 5.91 Å². The molecule has 1 amide bonds. The van der Waals surface area contributed by atoms with Crippen molar-refractivity contribution in [2.24, 2.45) is 0 Å². The first kappa shape index (κ1) is 18.7. The van der Waals surface area contributed by atoms with Crippen LogP contribution in [0.1, 0.15) is 21.5 Å². The highest BCUT2D eigenvalue weighted by molar-refractivity contribution is 6.07. The number of fused-ring (bicyclic) bond motifs is 1. The molecule has 0 unspecified atom stereocenters. The fraction of sp³-hybridized carbons (Fsp3) is 0.120. The molecule has 4 rings (SSSR count). The van der Waals surface area contributed by atoms with Gasteiger partial charge in [0.1, 0.15) is 5.75 Å². The van der Waals surface area contributed by atoms with Crippen molar-refractivity contribution in [2.75, 3.05) is 7.11 Å². The lowest BCUT2D eigenvalue weighted by Crippen LogP contribution is -2.23. The van der Waals surface area contributed by atoms with Gasteiger partial charge in [-0.3, -0.25) is 4.79 Å². The zero-order chi connectivity index (χ0) is 20.2. The van der Waals surface area contributed by atoms with Crippen LogP contribution in [0.4, 0.5) is 0 Å². The third-order valence-corrected chi connectivity index (χ3v) is 4.89. The Bertz CT molecular complexity index is 1150. The van der Waals surface area contributed by atoms with Crippen molar-refractivity contribution in [1.29, 1.82) is 0 Å². The highest BCUT2D eigenvalue weighted by atomic mass is 16.5. The van der Waals surface area contributed by atoms with Gasteiger partial charge in [-0.2, -0.15) is 0 Å². The van der Waals surface area contributed by atoms with Crippen LogP contribution in [0.25, 0.3) is 22.2 Å². The molecule has 0 aliphatic carbocycles. The molecular formula is C25H22N2O2. The molecule has 1 heterocycles. The molecule has 4 nitrogen and oxygen atoms in total. The minimum Gasteiger partial charge on any atom is -0.497 e. The second-order valence-corrected chi connectivity index (χ2v) is 6.97. The fourth-order valence-corrected chi connectivity index (χ4v) is 3.31. The number of nitrogens with one attached hydrogen (secondary N) is 1. The van der Waals surface area contributed by atoms with Crippen LogP contribution in [0.5, 0.6) is 5.75 Å². The Balaban J connectivity index is 1.68. The third-order valence-electron chi connectivity index (χ3n) is 4.89. The van der Waals surface area contributed by atoms with Crippen LogP contribution in [0, 0.1) is 6.92 Å². The number of rotatable bonds is 5. The summed E-state index contributed by atoms with van der Waals surface area (Å²) in [4.78, 5) is 17.9. The zero-order valence-corrected chi connectivity index (χ0v) is 16.5. The first-order chi connectivity index (χ1) is 14.1. The summed E-state index contributed by atoms with van der Waals surface area (Å²) in [5, 5.41) is 3.89. The van der Waals surface area contributed by atoms with E-state index >= 15 is 0 Å². The van der Waals surface area contributed by atoms with E-state index in [1.807, 2.05) is 85.8 Å². The molecule has 1 N–H and O–H groups in total. The van der Waals surface area contributed by atoms with Crippen molar-refractivity contribution in [3.8, 4) is 17.0 Å². The third kappa shape index (κ3) is 4.11. The summed E-state index contributed by atoms with van der Waals surface area (Å²) in [6.45, 7) is 2.46. The predicted octanol–water partition coefficient (Wildman–Crippen LogP) is 5.15. The zero-order valence-electron chi connectivity index (χ0n) is 16.5. The average Bonchev–Trinajstić information content (AvgIpc) is 2.77. The summed E-state index contributed by atoms with van der Waals surface area (Å²) < 4.78 is 5.18. The van der Waals surface area contributed by atoms with Crippen LogP contribution in [0.15, 0.2) is 78.9 Å². The number of aryl methyl sites for hydroxylation is 1. The van der Waals surface area contributed by atoms with Crippen LogP contribution in [-0.4, -0.2) is 18.0 Å². The Labute approximate surface area is 170 Å². The molecule has 0 atom stereocenters. The molecule has 0 spiro atoms. The van der Waals surface area contributed by atoms with Gasteiger partial charge in [0.15, 0.2) is 0 Å². The lowest BCUT2D eigenvalue weighted by Gasteiger charge is -2.12. The van der Waals surface area contributed by atoms with Crippen LogP contribution in [-0.2, 0) is 6.54 Å². The minimum atomic E-state index is -0.115. The molecule has 0 bridgehead atoms. The summed E-state index contributed by atoms with van der Waals surface area (Å²) in [5.41, 5.74) is 5.32. The lowest BCUT2D eigenvalue weighted by atomic mass is 10.0. The van der Waals surface area contributed by atoms with Gasteiger partial charge in [0, 0.05) is 17.5 Å². The second kappa shape index (κ2) is 8.15. The van der Waals surface area contributed by atoms with E-state index < -0.39 is 0 Å².